The number of rotatable bonds is 18. The van der Waals surface area contributed by atoms with Crippen LogP contribution in [0.5, 0.6) is 0 Å². The number of amides is 4. The summed E-state index contributed by atoms with van der Waals surface area (Å²) in [6.45, 7) is 16.8. The van der Waals surface area contributed by atoms with E-state index in [1.807, 2.05) is 19.2 Å². The van der Waals surface area contributed by atoms with Gasteiger partial charge in [-0.15, -0.1) is 0 Å². The monoisotopic (exact) mass is 882 g/mol. The summed E-state index contributed by atoms with van der Waals surface area (Å²) in [5.41, 5.74) is 3.08. The highest BCUT2D eigenvalue weighted by Crippen LogP contribution is 2.72. The first-order valence-electron chi connectivity index (χ1n) is 22.3. The molecule has 4 fully saturated rings. The number of nitrogens with zero attached hydrogens (tertiary/aromatic N) is 2. The Morgan fingerprint density at radius 3 is 2.19 bits per heavy atom. The molecule has 4 bridgehead atoms. The lowest BCUT2D eigenvalue weighted by Crippen LogP contribution is -2.64. The van der Waals surface area contributed by atoms with E-state index in [2.05, 4.69) is 44.7 Å². The van der Waals surface area contributed by atoms with Crippen LogP contribution in [0.1, 0.15) is 121 Å². The van der Waals surface area contributed by atoms with Crippen molar-refractivity contribution in [3.05, 3.63) is 71.3 Å². The lowest BCUT2D eigenvalue weighted by atomic mass is 9.39. The fraction of sp³-hybridized carbons (Fsp3) is 0.571. The summed E-state index contributed by atoms with van der Waals surface area (Å²) in [6, 6.07) is 11.6. The lowest BCUT2D eigenvalue weighted by Gasteiger charge is -2.69. The number of benzene rings is 1. The van der Waals surface area contributed by atoms with Gasteiger partial charge in [0.05, 0.1) is 30.4 Å². The van der Waals surface area contributed by atoms with Crippen LogP contribution in [0.15, 0.2) is 48.7 Å². The zero-order valence-electron chi connectivity index (χ0n) is 38.9. The van der Waals surface area contributed by atoms with E-state index >= 15 is 0 Å². The standard InChI is InChI=1S/C49H66N6O9/c1-30(20-38(56)31(2)52-43(61)45(4,5)6)41(58)54-34-12-10-33(11-13-34)22-63-44(62)51-17-19-64-49-26-46(7)23-47(8,27-49)25-48(24-46,28-49)29-55-18-16-36(32(55)3)37-15-14-35(21-39(57)50-9)53-40(37)42(59)60/h10-16,18,30-31H,17,19-29H2,1-9H3,(H,50,57)(H,51,62)(H,52,61)(H,54,58)(H,59,60)/t30-,31+,46?,47?,48?,49?/m1/s1. The quantitative estimate of drug-likeness (QED) is 0.0828. The van der Waals surface area contributed by atoms with E-state index in [9.17, 15) is 33.9 Å². The Morgan fingerprint density at radius 2 is 1.56 bits per heavy atom. The Balaban J connectivity index is 0.990. The molecule has 5 N–H and O–H groups in total. The fourth-order valence-corrected chi connectivity index (χ4v) is 11.4. The van der Waals surface area contributed by atoms with E-state index in [0.717, 1.165) is 61.9 Å². The average Bonchev–Trinajstić information content (AvgIpc) is 3.55. The number of hydrogen-bond donors (Lipinski definition) is 5. The molecule has 4 atom stereocenters. The number of ketones is 1. The smallest absolute Gasteiger partial charge is 0.407 e. The number of Topliss-reactive ketones (excluding diaryl/α,β-unsaturated/α-hetero) is 1. The number of carbonyl (C=O) groups excluding carboxylic acids is 5. The Bertz CT molecular complexity index is 2260. The van der Waals surface area contributed by atoms with Gasteiger partial charge >= 0.3 is 12.1 Å². The predicted molar refractivity (Wildman–Crippen MR) is 241 cm³/mol. The molecule has 4 saturated carbocycles. The van der Waals surface area contributed by atoms with Gasteiger partial charge in [-0.25, -0.2) is 14.6 Å². The highest BCUT2D eigenvalue weighted by atomic mass is 16.5. The minimum atomic E-state index is -1.14. The van der Waals surface area contributed by atoms with E-state index in [4.69, 9.17) is 9.47 Å². The number of hydrogen-bond acceptors (Lipinski definition) is 9. The van der Waals surface area contributed by atoms with Crippen LogP contribution in [-0.2, 0) is 48.2 Å². The number of aromatic carboxylic acids is 1. The molecular weight excluding hydrogens is 817 g/mol. The number of nitrogens with one attached hydrogen (secondary N) is 4. The van der Waals surface area contributed by atoms with E-state index in [1.165, 1.54) is 7.05 Å². The molecule has 4 aliphatic carbocycles. The van der Waals surface area contributed by atoms with Gasteiger partial charge in [0.25, 0.3) is 0 Å². The second kappa shape index (κ2) is 18.5. The molecule has 4 amide bonds. The summed E-state index contributed by atoms with van der Waals surface area (Å²) in [5.74, 6) is -2.77. The zero-order valence-corrected chi connectivity index (χ0v) is 38.9. The minimum Gasteiger partial charge on any atom is -0.476 e. The van der Waals surface area contributed by atoms with Crippen LogP contribution < -0.4 is 21.3 Å². The maximum absolute atomic E-state index is 12.8. The minimum absolute atomic E-state index is 0.00169. The highest BCUT2D eigenvalue weighted by Gasteiger charge is 2.66. The lowest BCUT2D eigenvalue weighted by molar-refractivity contribution is -0.247. The molecule has 0 aliphatic heterocycles. The Morgan fingerprint density at radius 1 is 0.891 bits per heavy atom. The van der Waals surface area contributed by atoms with Gasteiger partial charge in [-0.05, 0) is 98.4 Å². The van der Waals surface area contributed by atoms with Crippen molar-refractivity contribution in [3.8, 4) is 11.1 Å². The first-order valence-corrected chi connectivity index (χ1v) is 22.3. The van der Waals surface area contributed by atoms with Crippen molar-refractivity contribution >= 4 is 41.3 Å². The van der Waals surface area contributed by atoms with Gasteiger partial charge in [0.1, 0.15) is 6.61 Å². The summed E-state index contributed by atoms with van der Waals surface area (Å²) < 4.78 is 14.5. The number of ether oxygens (including phenoxy) is 2. The predicted octanol–water partition coefficient (Wildman–Crippen LogP) is 6.99. The number of likely N-dealkylation sites (N-methyl/N-ethyl adjacent to an activating group) is 1. The third kappa shape index (κ3) is 11.2. The molecule has 0 spiro atoms. The first kappa shape index (κ1) is 47.9. The van der Waals surface area contributed by atoms with Crippen LogP contribution in [0.25, 0.3) is 11.1 Å². The van der Waals surface area contributed by atoms with Crippen molar-refractivity contribution in [1.82, 2.24) is 25.5 Å². The number of carboxylic acid groups (broad SMARTS) is 1. The molecule has 2 unspecified atom stereocenters. The van der Waals surface area contributed by atoms with E-state index in [0.29, 0.717) is 23.6 Å². The SMILES string of the molecule is CNC(=O)Cc1ccc(-c2ccn(CC34CC5(C)CC(C)(C3)CC(OCCNC(=O)OCc3ccc(NC(=O)[C@H](C)CC(=O)[C@H](C)NC(=O)C(C)(C)C)cc3)(C5)C4)c2C)c(C(=O)O)n1. The van der Waals surface area contributed by atoms with E-state index < -0.39 is 29.4 Å². The normalized spacial score (nSPS) is 24.3. The van der Waals surface area contributed by atoms with Crippen molar-refractivity contribution < 1.29 is 43.3 Å². The van der Waals surface area contributed by atoms with Crippen LogP contribution >= 0.6 is 0 Å². The van der Waals surface area contributed by atoms with Gasteiger partial charge < -0.3 is 40.4 Å². The molecule has 3 aromatic rings. The van der Waals surface area contributed by atoms with Gasteiger partial charge in [0.15, 0.2) is 11.5 Å². The summed E-state index contributed by atoms with van der Waals surface area (Å²) in [6.07, 6.45) is 7.54. The molecule has 0 radical (unpaired) electrons. The number of pyridine rings is 1. The third-order valence-corrected chi connectivity index (χ3v) is 13.3. The number of carbonyl (C=O) groups is 6. The molecule has 64 heavy (non-hydrogen) atoms. The van der Waals surface area contributed by atoms with E-state index in [1.54, 1.807) is 71.0 Å². The molecule has 4 aliphatic rings. The Labute approximate surface area is 376 Å². The maximum atomic E-state index is 12.8. The number of carboxylic acids is 1. The maximum Gasteiger partial charge on any atom is 0.407 e. The molecule has 346 valence electrons. The summed E-state index contributed by atoms with van der Waals surface area (Å²) >= 11 is 0. The average molecular weight is 883 g/mol. The van der Waals surface area contributed by atoms with Crippen molar-refractivity contribution in [2.24, 2.45) is 27.6 Å². The molecule has 2 aromatic heterocycles. The van der Waals surface area contributed by atoms with Gasteiger partial charge in [-0.3, -0.25) is 19.2 Å². The second-order valence-corrected chi connectivity index (χ2v) is 20.7. The summed E-state index contributed by atoms with van der Waals surface area (Å²) in [7, 11) is 1.53. The molecule has 15 heteroatoms. The third-order valence-electron chi connectivity index (χ3n) is 13.3. The van der Waals surface area contributed by atoms with Crippen molar-refractivity contribution in [2.75, 3.05) is 25.5 Å². The van der Waals surface area contributed by atoms with Gasteiger partial charge in [-0.2, -0.15) is 0 Å². The zero-order chi connectivity index (χ0) is 46.8. The van der Waals surface area contributed by atoms with Crippen LogP contribution in [-0.4, -0.2) is 82.1 Å². The number of anilines is 1. The fourth-order valence-electron chi connectivity index (χ4n) is 11.4. The van der Waals surface area contributed by atoms with Crippen molar-refractivity contribution in [1.29, 1.82) is 0 Å². The molecule has 0 saturated heterocycles. The molecule has 15 nitrogen and oxygen atoms in total. The Kier molecular flexibility index (Phi) is 13.8. The van der Waals surface area contributed by atoms with E-state index in [-0.39, 0.29) is 77.0 Å². The van der Waals surface area contributed by atoms with Gasteiger partial charge in [0.2, 0.25) is 17.7 Å². The largest absolute Gasteiger partial charge is 0.476 e. The molecule has 2 heterocycles. The molecular formula is C49H66N6O9. The molecule has 1 aromatic carbocycles. The van der Waals surface area contributed by atoms with Crippen LogP contribution in [0.4, 0.5) is 10.5 Å². The van der Waals surface area contributed by atoms with Gasteiger partial charge in [0, 0.05) is 66.6 Å². The highest BCUT2D eigenvalue weighted by molar-refractivity contribution is 5.97. The number of alkyl carbamates (subject to hydrolysis) is 1. The summed E-state index contributed by atoms with van der Waals surface area (Å²) in [5, 5.41) is 21.0. The summed E-state index contributed by atoms with van der Waals surface area (Å²) in [4.78, 5) is 79.2. The van der Waals surface area contributed by atoms with Crippen molar-refractivity contribution in [3.63, 3.8) is 0 Å². The topological polar surface area (TPSA) is 207 Å². The number of aromatic nitrogens is 2. The van der Waals surface area contributed by atoms with Gasteiger partial charge in [-0.1, -0.05) is 59.7 Å². The Hall–Kier alpha value is -5.57. The van der Waals surface area contributed by atoms with Crippen LogP contribution in [0, 0.1) is 34.5 Å². The van der Waals surface area contributed by atoms with Crippen LogP contribution in [0.2, 0.25) is 0 Å². The van der Waals surface area contributed by atoms with Crippen molar-refractivity contribution in [2.45, 2.75) is 132 Å². The first-order chi connectivity index (χ1) is 29.9. The van der Waals surface area contributed by atoms with Crippen LogP contribution in [0.3, 0.4) is 0 Å². The molecule has 7 rings (SSSR count). The second-order valence-electron chi connectivity index (χ2n) is 20.7.